The van der Waals surface area contributed by atoms with Crippen LogP contribution in [0.3, 0.4) is 0 Å². The minimum Gasteiger partial charge on any atom is -0.396 e. The average molecular weight is 167 g/mol. The fourth-order valence-corrected chi connectivity index (χ4v) is 2.12. The van der Waals surface area contributed by atoms with Crippen LogP contribution in [0.5, 0.6) is 0 Å². The van der Waals surface area contributed by atoms with Crippen LogP contribution in [0.25, 0.3) is 0 Å². The Hall–Kier alpha value is -0.530. The van der Waals surface area contributed by atoms with Crippen LogP contribution in [-0.4, -0.2) is 12.3 Å². The molecule has 0 amide bonds. The first-order valence-electron chi connectivity index (χ1n) is 5.10. The fraction of sp³-hybridized carbons (Fsp3) is 0.900. The van der Waals surface area contributed by atoms with Crippen molar-refractivity contribution in [3.63, 3.8) is 0 Å². The van der Waals surface area contributed by atoms with E-state index in [0.717, 1.165) is 11.8 Å². The second-order valence-electron chi connectivity index (χ2n) is 3.84. The van der Waals surface area contributed by atoms with Crippen molar-refractivity contribution in [1.82, 2.24) is 0 Å². The first-order chi connectivity index (χ1) is 5.92. The Morgan fingerprint density at radius 1 is 1.42 bits per heavy atom. The van der Waals surface area contributed by atoms with E-state index >= 15 is 0 Å². The number of hydrogen-bond donors (Lipinski definition) is 0. The molecule has 2 aliphatic carbocycles. The maximum Gasteiger partial charge on any atom is 0.114 e. The van der Waals surface area contributed by atoms with Gasteiger partial charge in [-0.1, -0.05) is 5.16 Å². The molecule has 1 unspecified atom stereocenters. The van der Waals surface area contributed by atoms with Gasteiger partial charge in [-0.15, -0.1) is 0 Å². The Bertz CT molecular complexity index is 184. The van der Waals surface area contributed by atoms with Crippen LogP contribution in [0.15, 0.2) is 5.16 Å². The van der Waals surface area contributed by atoms with Crippen LogP contribution in [0.1, 0.15) is 39.0 Å². The van der Waals surface area contributed by atoms with E-state index in [1.54, 1.807) is 0 Å². The van der Waals surface area contributed by atoms with Crippen molar-refractivity contribution >= 4 is 5.71 Å². The number of hydrogen-bond acceptors (Lipinski definition) is 2. The maximum atomic E-state index is 5.11. The van der Waals surface area contributed by atoms with Crippen LogP contribution in [-0.2, 0) is 4.84 Å². The quantitative estimate of drug-likeness (QED) is 0.592. The van der Waals surface area contributed by atoms with E-state index in [1.165, 1.54) is 37.8 Å². The van der Waals surface area contributed by atoms with E-state index in [1.807, 2.05) is 6.92 Å². The van der Waals surface area contributed by atoms with Crippen molar-refractivity contribution in [3.8, 4) is 0 Å². The van der Waals surface area contributed by atoms with Gasteiger partial charge < -0.3 is 4.84 Å². The summed E-state index contributed by atoms with van der Waals surface area (Å²) < 4.78 is 0. The summed E-state index contributed by atoms with van der Waals surface area (Å²) in [7, 11) is 0. The van der Waals surface area contributed by atoms with Gasteiger partial charge in [-0.05, 0) is 44.9 Å². The van der Waals surface area contributed by atoms with Gasteiger partial charge in [0, 0.05) is 5.92 Å². The molecule has 2 saturated carbocycles. The van der Waals surface area contributed by atoms with Crippen LogP contribution in [0.4, 0.5) is 0 Å². The topological polar surface area (TPSA) is 21.6 Å². The second kappa shape index (κ2) is 3.46. The highest BCUT2D eigenvalue weighted by Crippen LogP contribution is 2.43. The van der Waals surface area contributed by atoms with Crippen molar-refractivity contribution in [3.05, 3.63) is 0 Å². The number of nitrogens with zero attached hydrogens (tertiary/aromatic N) is 1. The summed E-state index contributed by atoms with van der Waals surface area (Å²) in [5.41, 5.74) is 1.35. The minimum absolute atomic E-state index is 0.709. The van der Waals surface area contributed by atoms with Gasteiger partial charge in [0.25, 0.3) is 0 Å². The highest BCUT2D eigenvalue weighted by Gasteiger charge is 2.37. The summed E-state index contributed by atoms with van der Waals surface area (Å²) >= 11 is 0. The highest BCUT2D eigenvalue weighted by atomic mass is 16.6. The molecule has 2 rings (SSSR count). The van der Waals surface area contributed by atoms with Crippen LogP contribution < -0.4 is 0 Å². The van der Waals surface area contributed by atoms with Crippen molar-refractivity contribution in [1.29, 1.82) is 0 Å². The Labute approximate surface area is 74.0 Å². The number of rotatable bonds is 3. The molecule has 12 heavy (non-hydrogen) atoms. The molecule has 0 heterocycles. The summed E-state index contributed by atoms with van der Waals surface area (Å²) in [4.78, 5) is 5.11. The molecule has 0 saturated heterocycles. The molecule has 2 fully saturated rings. The van der Waals surface area contributed by atoms with Gasteiger partial charge >= 0.3 is 0 Å². The van der Waals surface area contributed by atoms with Crippen LogP contribution in [0.2, 0.25) is 0 Å². The third-order valence-corrected chi connectivity index (χ3v) is 2.88. The lowest BCUT2D eigenvalue weighted by atomic mass is 10.0. The third-order valence-electron chi connectivity index (χ3n) is 2.88. The summed E-state index contributed by atoms with van der Waals surface area (Å²) in [6.45, 7) is 2.70. The molecule has 0 radical (unpaired) electrons. The van der Waals surface area contributed by atoms with Gasteiger partial charge in [0.15, 0.2) is 0 Å². The van der Waals surface area contributed by atoms with Gasteiger partial charge in [-0.25, -0.2) is 0 Å². The average Bonchev–Trinajstić information content (AvgIpc) is 2.83. The van der Waals surface area contributed by atoms with Crippen molar-refractivity contribution < 1.29 is 4.84 Å². The molecule has 2 heteroatoms. The second-order valence-corrected chi connectivity index (χ2v) is 3.84. The normalized spacial score (nSPS) is 32.8. The first kappa shape index (κ1) is 8.09. The Balaban J connectivity index is 1.93. The largest absolute Gasteiger partial charge is 0.396 e. The Morgan fingerprint density at radius 2 is 2.25 bits per heavy atom. The lowest BCUT2D eigenvalue weighted by Crippen LogP contribution is -2.09. The molecule has 2 aliphatic rings. The highest BCUT2D eigenvalue weighted by molar-refractivity contribution is 5.88. The van der Waals surface area contributed by atoms with Gasteiger partial charge in [-0.3, -0.25) is 0 Å². The zero-order chi connectivity index (χ0) is 8.39. The lowest BCUT2D eigenvalue weighted by molar-refractivity contribution is 0.156. The van der Waals surface area contributed by atoms with Crippen molar-refractivity contribution in [2.75, 3.05) is 6.61 Å². The van der Waals surface area contributed by atoms with E-state index in [9.17, 15) is 0 Å². The predicted octanol–water partition coefficient (Wildman–Crippen LogP) is 2.59. The zero-order valence-electron chi connectivity index (χ0n) is 7.75. The predicted molar refractivity (Wildman–Crippen MR) is 49.1 cm³/mol. The van der Waals surface area contributed by atoms with Crippen LogP contribution >= 0.6 is 0 Å². The van der Waals surface area contributed by atoms with Crippen molar-refractivity contribution in [2.45, 2.75) is 39.0 Å². The Kier molecular flexibility index (Phi) is 2.33. The molecule has 0 aromatic rings. The molecule has 0 aliphatic heterocycles. The molecule has 2 nitrogen and oxygen atoms in total. The molecule has 0 spiro atoms. The van der Waals surface area contributed by atoms with Gasteiger partial charge in [0.1, 0.15) is 6.61 Å². The smallest absolute Gasteiger partial charge is 0.114 e. The van der Waals surface area contributed by atoms with Gasteiger partial charge in [-0.2, -0.15) is 0 Å². The van der Waals surface area contributed by atoms with Crippen LogP contribution in [0, 0.1) is 11.8 Å². The molecular weight excluding hydrogens is 150 g/mol. The summed E-state index contributed by atoms with van der Waals surface area (Å²) in [5, 5.41) is 4.20. The molecule has 1 atom stereocenters. The first-order valence-corrected chi connectivity index (χ1v) is 5.10. The van der Waals surface area contributed by atoms with E-state index in [2.05, 4.69) is 5.16 Å². The van der Waals surface area contributed by atoms with E-state index in [4.69, 9.17) is 4.84 Å². The van der Waals surface area contributed by atoms with Gasteiger partial charge in [0.05, 0.1) is 5.71 Å². The van der Waals surface area contributed by atoms with Crippen molar-refractivity contribution in [2.24, 2.45) is 17.0 Å². The molecule has 0 N–H and O–H groups in total. The monoisotopic (exact) mass is 167 g/mol. The number of oxime groups is 1. The van der Waals surface area contributed by atoms with Gasteiger partial charge in [0.2, 0.25) is 0 Å². The van der Waals surface area contributed by atoms with E-state index in [0.29, 0.717) is 6.61 Å². The Morgan fingerprint density at radius 3 is 2.92 bits per heavy atom. The minimum atomic E-state index is 0.709. The van der Waals surface area contributed by atoms with E-state index in [-0.39, 0.29) is 0 Å². The summed E-state index contributed by atoms with van der Waals surface area (Å²) in [6, 6.07) is 0. The molecular formula is C10H17NO. The van der Waals surface area contributed by atoms with E-state index < -0.39 is 0 Å². The fourth-order valence-electron chi connectivity index (χ4n) is 2.12. The molecule has 68 valence electrons. The third kappa shape index (κ3) is 1.62. The molecule has 0 aromatic carbocycles. The summed E-state index contributed by atoms with van der Waals surface area (Å²) in [6.07, 6.45) is 6.72. The summed E-state index contributed by atoms with van der Waals surface area (Å²) in [5.74, 6) is 1.75. The lowest BCUT2D eigenvalue weighted by Gasteiger charge is -2.07. The SMILES string of the molecule is CCO/N=C1/CCCC1C1CC1. The molecule has 0 bridgehead atoms. The maximum absolute atomic E-state index is 5.11. The zero-order valence-corrected chi connectivity index (χ0v) is 7.75. The standard InChI is InChI=1S/C10H17NO/c1-2-12-11-10-5-3-4-9(10)8-6-7-8/h8-9H,2-7H2,1H3/b11-10-. The molecule has 0 aromatic heterocycles.